The van der Waals surface area contributed by atoms with Crippen LogP contribution < -0.4 is 4.90 Å². The molecule has 55 heavy (non-hydrogen) atoms. The zero-order valence-electron chi connectivity index (χ0n) is 29.9. The maximum Gasteiger partial charge on any atom is 0.137 e. The van der Waals surface area contributed by atoms with Crippen molar-refractivity contribution in [2.45, 2.75) is 0 Å². The Kier molecular flexibility index (Phi) is 7.17. The van der Waals surface area contributed by atoms with Gasteiger partial charge in [0.1, 0.15) is 11.2 Å². The molecule has 0 spiro atoms. The molecule has 11 rings (SSSR count). The van der Waals surface area contributed by atoms with Crippen LogP contribution in [0.25, 0.3) is 82.5 Å². The van der Waals surface area contributed by atoms with Crippen molar-refractivity contribution in [3.8, 4) is 27.9 Å². The van der Waals surface area contributed by atoms with Crippen LogP contribution in [-0.4, -0.2) is 4.57 Å². The maximum absolute atomic E-state index is 6.90. The first-order chi connectivity index (χ1) is 27.3. The van der Waals surface area contributed by atoms with Gasteiger partial charge < -0.3 is 13.9 Å². The highest BCUT2D eigenvalue weighted by molar-refractivity contribution is 6.25. The summed E-state index contributed by atoms with van der Waals surface area (Å²) in [7, 11) is 0. The molecule has 3 nitrogen and oxygen atoms in total. The van der Waals surface area contributed by atoms with Crippen molar-refractivity contribution < 1.29 is 4.42 Å². The summed E-state index contributed by atoms with van der Waals surface area (Å²) in [6.07, 6.45) is 0. The van der Waals surface area contributed by atoms with Crippen LogP contribution in [0.3, 0.4) is 0 Å². The van der Waals surface area contributed by atoms with E-state index in [4.69, 9.17) is 4.42 Å². The van der Waals surface area contributed by atoms with Gasteiger partial charge in [-0.25, -0.2) is 0 Å². The molecule has 9 aromatic carbocycles. The van der Waals surface area contributed by atoms with Gasteiger partial charge in [-0.1, -0.05) is 133 Å². The standard InChI is InChI=1S/C52H34N2O/c1-4-15-35(16-5-1)36-27-29-39(30-28-36)53(37-17-6-2-7-18-37)40-31-32-45-49(33-40)55-50-34-46(41-21-10-11-22-42(41)52(45)50)43-24-14-26-48-51(43)44-23-12-13-25-47(44)54(48)38-19-8-3-9-20-38/h1-34H. The Balaban J connectivity index is 1.10. The topological polar surface area (TPSA) is 21.3 Å². The lowest BCUT2D eigenvalue weighted by Gasteiger charge is -2.25. The van der Waals surface area contributed by atoms with Gasteiger partial charge in [0, 0.05) is 50.4 Å². The Hall–Kier alpha value is -7.36. The number of hydrogen-bond acceptors (Lipinski definition) is 2. The zero-order valence-corrected chi connectivity index (χ0v) is 29.9. The number of anilines is 3. The molecule has 0 atom stereocenters. The summed E-state index contributed by atoms with van der Waals surface area (Å²) in [6, 6.07) is 73.6. The minimum atomic E-state index is 0.857. The number of nitrogens with zero attached hydrogens (tertiary/aromatic N) is 2. The summed E-state index contributed by atoms with van der Waals surface area (Å²) in [6.45, 7) is 0. The van der Waals surface area contributed by atoms with Crippen molar-refractivity contribution in [2.75, 3.05) is 4.90 Å². The van der Waals surface area contributed by atoms with Crippen molar-refractivity contribution in [1.29, 1.82) is 0 Å². The summed E-state index contributed by atoms with van der Waals surface area (Å²) >= 11 is 0. The summed E-state index contributed by atoms with van der Waals surface area (Å²) in [5.74, 6) is 0. The lowest BCUT2D eigenvalue weighted by molar-refractivity contribution is 0.669. The minimum absolute atomic E-state index is 0.857. The lowest BCUT2D eigenvalue weighted by atomic mass is 9.92. The number of benzene rings is 9. The van der Waals surface area contributed by atoms with E-state index in [1.54, 1.807) is 0 Å². The highest BCUT2D eigenvalue weighted by Gasteiger charge is 2.21. The van der Waals surface area contributed by atoms with Gasteiger partial charge in [0.05, 0.1) is 11.0 Å². The van der Waals surface area contributed by atoms with Gasteiger partial charge in [-0.05, 0) is 99.8 Å². The van der Waals surface area contributed by atoms with Crippen molar-refractivity contribution in [3.05, 3.63) is 206 Å². The summed E-state index contributed by atoms with van der Waals surface area (Å²) in [4.78, 5) is 2.30. The van der Waals surface area contributed by atoms with Crippen LogP contribution in [0.1, 0.15) is 0 Å². The van der Waals surface area contributed by atoms with Gasteiger partial charge in [-0.2, -0.15) is 0 Å². The van der Waals surface area contributed by atoms with Gasteiger partial charge >= 0.3 is 0 Å². The van der Waals surface area contributed by atoms with E-state index in [0.717, 1.165) is 50.3 Å². The normalized spacial score (nSPS) is 11.6. The van der Waals surface area contributed by atoms with Crippen molar-refractivity contribution in [1.82, 2.24) is 4.57 Å². The Morgan fingerprint density at radius 2 is 0.945 bits per heavy atom. The number of rotatable bonds is 6. The first kappa shape index (κ1) is 31.2. The van der Waals surface area contributed by atoms with Crippen LogP contribution in [0.4, 0.5) is 17.1 Å². The third kappa shape index (κ3) is 5.05. The molecule has 0 unspecified atom stereocenters. The molecule has 0 bridgehead atoms. The van der Waals surface area contributed by atoms with Crippen LogP contribution in [-0.2, 0) is 0 Å². The molecule has 0 saturated heterocycles. The summed E-state index contributed by atoms with van der Waals surface area (Å²) < 4.78 is 9.28. The SMILES string of the molecule is c1ccc(-c2ccc(N(c3ccccc3)c3ccc4c(c3)oc3cc(-c5cccc6c5c5ccccc5n6-c5ccccc5)c5ccccc5c34)cc2)cc1. The second-order valence-electron chi connectivity index (χ2n) is 14.1. The smallest absolute Gasteiger partial charge is 0.137 e. The molecule has 11 aromatic rings. The second-order valence-corrected chi connectivity index (χ2v) is 14.1. The Labute approximate surface area is 318 Å². The van der Waals surface area contributed by atoms with Crippen molar-refractivity contribution in [3.63, 3.8) is 0 Å². The number of furan rings is 1. The number of aromatic nitrogens is 1. The number of hydrogen-bond donors (Lipinski definition) is 0. The van der Waals surface area contributed by atoms with Crippen molar-refractivity contribution in [2.24, 2.45) is 0 Å². The van der Waals surface area contributed by atoms with Crippen molar-refractivity contribution >= 4 is 71.6 Å². The predicted octanol–water partition coefficient (Wildman–Crippen LogP) is 14.6. The molecule has 0 saturated carbocycles. The average molecular weight is 703 g/mol. The van der Waals surface area contributed by atoms with Crippen LogP contribution >= 0.6 is 0 Å². The highest BCUT2D eigenvalue weighted by atomic mass is 16.3. The Morgan fingerprint density at radius 1 is 0.345 bits per heavy atom. The van der Waals surface area contributed by atoms with Crippen LogP contribution in [0.15, 0.2) is 211 Å². The summed E-state index contributed by atoms with van der Waals surface area (Å²) in [5, 5.41) is 7.10. The van der Waals surface area contributed by atoms with Crippen LogP contribution in [0.5, 0.6) is 0 Å². The van der Waals surface area contributed by atoms with Gasteiger partial charge in [0.15, 0.2) is 0 Å². The van der Waals surface area contributed by atoms with E-state index >= 15 is 0 Å². The molecule has 0 aliphatic carbocycles. The fraction of sp³-hybridized carbons (Fsp3) is 0. The fourth-order valence-corrected chi connectivity index (χ4v) is 8.55. The van der Waals surface area contributed by atoms with Crippen LogP contribution in [0.2, 0.25) is 0 Å². The Morgan fingerprint density at radius 3 is 1.73 bits per heavy atom. The van der Waals surface area contributed by atoms with Gasteiger partial charge in [-0.3, -0.25) is 0 Å². The first-order valence-electron chi connectivity index (χ1n) is 18.8. The maximum atomic E-state index is 6.90. The molecule has 0 aliphatic heterocycles. The zero-order chi connectivity index (χ0) is 36.3. The van der Waals surface area contributed by atoms with Crippen LogP contribution in [0, 0.1) is 0 Å². The molecule has 0 aliphatic rings. The number of fused-ring (bicyclic) bond motifs is 8. The van der Waals surface area contributed by atoms with E-state index in [1.165, 1.54) is 49.3 Å². The fourth-order valence-electron chi connectivity index (χ4n) is 8.55. The van der Waals surface area contributed by atoms with E-state index < -0.39 is 0 Å². The largest absolute Gasteiger partial charge is 0.456 e. The predicted molar refractivity (Wildman–Crippen MR) is 231 cm³/mol. The van der Waals surface area contributed by atoms with E-state index in [2.05, 4.69) is 216 Å². The monoisotopic (exact) mass is 702 g/mol. The first-order valence-corrected chi connectivity index (χ1v) is 18.8. The van der Waals surface area contributed by atoms with E-state index in [9.17, 15) is 0 Å². The number of para-hydroxylation sites is 3. The van der Waals surface area contributed by atoms with E-state index in [-0.39, 0.29) is 0 Å². The molecule has 0 radical (unpaired) electrons. The molecule has 258 valence electrons. The molecular formula is C52H34N2O. The van der Waals surface area contributed by atoms with Gasteiger partial charge in [0.2, 0.25) is 0 Å². The highest BCUT2D eigenvalue weighted by Crippen LogP contribution is 2.46. The molecule has 0 amide bonds. The molecule has 0 fully saturated rings. The van der Waals surface area contributed by atoms with E-state index in [0.29, 0.717) is 0 Å². The minimum Gasteiger partial charge on any atom is -0.456 e. The quantitative estimate of drug-likeness (QED) is 0.172. The third-order valence-corrected chi connectivity index (χ3v) is 11.0. The molecule has 2 aromatic heterocycles. The molecule has 0 N–H and O–H groups in total. The summed E-state index contributed by atoms with van der Waals surface area (Å²) in [5.41, 5.74) is 13.2. The molecule has 3 heteroatoms. The molecular weight excluding hydrogens is 669 g/mol. The third-order valence-electron chi connectivity index (χ3n) is 11.0. The van der Waals surface area contributed by atoms with Gasteiger partial charge in [0.25, 0.3) is 0 Å². The Bertz CT molecular complexity index is 3180. The van der Waals surface area contributed by atoms with E-state index in [1.807, 2.05) is 0 Å². The lowest BCUT2D eigenvalue weighted by Crippen LogP contribution is -2.09. The van der Waals surface area contributed by atoms with Gasteiger partial charge in [-0.15, -0.1) is 0 Å². The second kappa shape index (κ2) is 12.6. The molecule has 2 heterocycles. The average Bonchev–Trinajstić information content (AvgIpc) is 3.80.